The molecule has 2 aromatic rings. The third-order valence-corrected chi connectivity index (χ3v) is 2.91. The molecule has 0 aliphatic rings. The molecule has 0 unspecified atom stereocenters. The van der Waals surface area contributed by atoms with Crippen molar-refractivity contribution in [1.29, 1.82) is 0 Å². The van der Waals surface area contributed by atoms with Crippen molar-refractivity contribution >= 4 is 17.3 Å². The SMILES string of the molecule is CCOc1ccc(F)cc1NC(=O)CCn1cc([N+](=O)[O-])cn1. The highest BCUT2D eigenvalue weighted by Crippen LogP contribution is 2.25. The summed E-state index contributed by atoms with van der Waals surface area (Å²) < 4.78 is 19.9. The van der Waals surface area contributed by atoms with Gasteiger partial charge in [-0.1, -0.05) is 0 Å². The number of benzene rings is 1. The van der Waals surface area contributed by atoms with Crippen LogP contribution in [-0.4, -0.2) is 27.2 Å². The second-order valence-corrected chi connectivity index (χ2v) is 4.59. The van der Waals surface area contributed by atoms with Gasteiger partial charge in [-0.3, -0.25) is 19.6 Å². The first-order chi connectivity index (χ1) is 11.0. The number of amides is 1. The quantitative estimate of drug-likeness (QED) is 0.623. The molecule has 23 heavy (non-hydrogen) atoms. The Bertz CT molecular complexity index is 717. The average molecular weight is 322 g/mol. The fourth-order valence-corrected chi connectivity index (χ4v) is 1.88. The summed E-state index contributed by atoms with van der Waals surface area (Å²) >= 11 is 0. The minimum Gasteiger partial charge on any atom is -0.492 e. The molecule has 1 aromatic carbocycles. The first-order valence-electron chi connectivity index (χ1n) is 6.88. The zero-order valence-electron chi connectivity index (χ0n) is 12.4. The minimum atomic E-state index is -0.565. The van der Waals surface area contributed by atoms with E-state index in [9.17, 15) is 19.3 Å². The van der Waals surface area contributed by atoms with Crippen molar-refractivity contribution in [3.05, 3.63) is 46.5 Å². The molecule has 0 saturated carbocycles. The van der Waals surface area contributed by atoms with Crippen molar-refractivity contribution in [2.45, 2.75) is 19.9 Å². The Morgan fingerprint density at radius 3 is 2.96 bits per heavy atom. The van der Waals surface area contributed by atoms with Crippen LogP contribution in [0.15, 0.2) is 30.6 Å². The van der Waals surface area contributed by atoms with Crippen LogP contribution in [0.2, 0.25) is 0 Å². The lowest BCUT2D eigenvalue weighted by molar-refractivity contribution is -0.385. The van der Waals surface area contributed by atoms with Crippen molar-refractivity contribution < 1.29 is 18.8 Å². The molecule has 0 radical (unpaired) electrons. The number of aryl methyl sites for hydroxylation is 1. The molecule has 0 fully saturated rings. The summed E-state index contributed by atoms with van der Waals surface area (Å²) in [6.45, 7) is 2.32. The molecule has 0 spiro atoms. The fraction of sp³-hybridized carbons (Fsp3) is 0.286. The van der Waals surface area contributed by atoms with E-state index >= 15 is 0 Å². The van der Waals surface area contributed by atoms with Crippen LogP contribution in [0.1, 0.15) is 13.3 Å². The number of aromatic nitrogens is 2. The Morgan fingerprint density at radius 1 is 1.52 bits per heavy atom. The molecule has 9 heteroatoms. The Kier molecular flexibility index (Phi) is 5.23. The second kappa shape index (κ2) is 7.34. The van der Waals surface area contributed by atoms with Crippen LogP contribution >= 0.6 is 0 Å². The van der Waals surface area contributed by atoms with E-state index in [2.05, 4.69) is 10.4 Å². The molecule has 0 aliphatic carbocycles. The summed E-state index contributed by atoms with van der Waals surface area (Å²) in [4.78, 5) is 21.9. The highest BCUT2D eigenvalue weighted by molar-refractivity contribution is 5.92. The van der Waals surface area contributed by atoms with Gasteiger partial charge in [0, 0.05) is 19.0 Å². The number of halogens is 1. The zero-order valence-corrected chi connectivity index (χ0v) is 12.4. The van der Waals surface area contributed by atoms with Gasteiger partial charge in [0.05, 0.1) is 17.2 Å². The largest absolute Gasteiger partial charge is 0.492 e. The molecule has 1 amide bonds. The van der Waals surface area contributed by atoms with Gasteiger partial charge < -0.3 is 10.1 Å². The molecule has 0 bridgehead atoms. The highest BCUT2D eigenvalue weighted by Gasteiger charge is 2.12. The van der Waals surface area contributed by atoms with E-state index in [0.717, 1.165) is 6.20 Å². The molecule has 0 atom stereocenters. The lowest BCUT2D eigenvalue weighted by atomic mass is 10.2. The third kappa shape index (κ3) is 4.50. The monoisotopic (exact) mass is 322 g/mol. The van der Waals surface area contributed by atoms with Crippen LogP contribution in [0.3, 0.4) is 0 Å². The van der Waals surface area contributed by atoms with Crippen molar-refractivity contribution in [1.82, 2.24) is 9.78 Å². The van der Waals surface area contributed by atoms with Gasteiger partial charge in [0.15, 0.2) is 0 Å². The third-order valence-electron chi connectivity index (χ3n) is 2.91. The van der Waals surface area contributed by atoms with Gasteiger partial charge in [0.25, 0.3) is 0 Å². The van der Waals surface area contributed by atoms with Gasteiger partial charge in [-0.2, -0.15) is 5.10 Å². The predicted octanol–water partition coefficient (Wildman–Crippen LogP) is 2.36. The van der Waals surface area contributed by atoms with Crippen LogP contribution < -0.4 is 10.1 Å². The number of nitrogens with one attached hydrogen (secondary N) is 1. The van der Waals surface area contributed by atoms with Crippen LogP contribution in [0.4, 0.5) is 15.8 Å². The Labute approximate surface area is 131 Å². The van der Waals surface area contributed by atoms with E-state index in [1.54, 1.807) is 6.92 Å². The van der Waals surface area contributed by atoms with Gasteiger partial charge in [-0.05, 0) is 19.1 Å². The van der Waals surface area contributed by atoms with Gasteiger partial charge in [-0.25, -0.2) is 4.39 Å². The van der Waals surface area contributed by atoms with Crippen LogP contribution in [0.25, 0.3) is 0 Å². The molecule has 1 heterocycles. The van der Waals surface area contributed by atoms with E-state index in [1.807, 2.05) is 0 Å². The van der Waals surface area contributed by atoms with Gasteiger partial charge >= 0.3 is 5.69 Å². The fourth-order valence-electron chi connectivity index (χ4n) is 1.88. The van der Waals surface area contributed by atoms with Gasteiger partial charge in [-0.15, -0.1) is 0 Å². The maximum Gasteiger partial charge on any atom is 0.306 e. The molecular weight excluding hydrogens is 307 g/mol. The number of carbonyl (C=O) groups is 1. The van der Waals surface area contributed by atoms with E-state index in [0.29, 0.717) is 12.4 Å². The van der Waals surface area contributed by atoms with E-state index in [-0.39, 0.29) is 30.2 Å². The summed E-state index contributed by atoms with van der Waals surface area (Å²) in [5.41, 5.74) is 0.0949. The lowest BCUT2D eigenvalue weighted by Gasteiger charge is -2.11. The predicted molar refractivity (Wildman–Crippen MR) is 79.7 cm³/mol. The number of carbonyl (C=O) groups excluding carboxylic acids is 1. The summed E-state index contributed by atoms with van der Waals surface area (Å²) in [5.74, 6) is -0.502. The first kappa shape index (κ1) is 16.4. The molecular formula is C14H15FN4O4. The number of hydrogen-bond donors (Lipinski definition) is 1. The van der Waals surface area contributed by atoms with E-state index in [4.69, 9.17) is 4.74 Å². The summed E-state index contributed by atoms with van der Waals surface area (Å²) in [6.07, 6.45) is 2.37. The molecule has 0 aliphatic heterocycles. The summed E-state index contributed by atoms with van der Waals surface area (Å²) in [7, 11) is 0. The molecule has 122 valence electrons. The molecule has 8 nitrogen and oxygen atoms in total. The standard InChI is InChI=1S/C14H15FN4O4/c1-2-23-13-4-3-10(15)7-12(13)17-14(20)5-6-18-9-11(8-16-18)19(21)22/h3-4,7-9H,2,5-6H2,1H3,(H,17,20). The lowest BCUT2D eigenvalue weighted by Crippen LogP contribution is -2.15. The number of nitro groups is 1. The van der Waals surface area contributed by atoms with Gasteiger partial charge in [0.1, 0.15) is 24.0 Å². The maximum atomic E-state index is 13.3. The van der Waals surface area contributed by atoms with Crippen molar-refractivity contribution in [3.63, 3.8) is 0 Å². The molecule has 0 saturated heterocycles. The Balaban J connectivity index is 1.96. The number of hydrogen-bond acceptors (Lipinski definition) is 5. The normalized spacial score (nSPS) is 10.3. The molecule has 1 N–H and O–H groups in total. The van der Waals surface area contributed by atoms with Crippen LogP contribution in [-0.2, 0) is 11.3 Å². The molecule has 1 aromatic heterocycles. The van der Waals surface area contributed by atoms with Crippen molar-refractivity contribution in [2.24, 2.45) is 0 Å². The average Bonchev–Trinajstić information content (AvgIpc) is 2.97. The molecule has 2 rings (SSSR count). The number of rotatable bonds is 7. The van der Waals surface area contributed by atoms with Crippen LogP contribution in [0, 0.1) is 15.9 Å². The maximum absolute atomic E-state index is 13.3. The zero-order chi connectivity index (χ0) is 16.8. The summed E-state index contributed by atoms with van der Waals surface area (Å²) in [5, 5.41) is 16.9. The number of nitrogens with zero attached hydrogens (tertiary/aromatic N) is 3. The van der Waals surface area contributed by atoms with Crippen molar-refractivity contribution in [2.75, 3.05) is 11.9 Å². The highest BCUT2D eigenvalue weighted by atomic mass is 19.1. The Hall–Kier alpha value is -2.97. The van der Waals surface area contributed by atoms with Crippen LogP contribution in [0.5, 0.6) is 5.75 Å². The number of anilines is 1. The van der Waals surface area contributed by atoms with Crippen molar-refractivity contribution in [3.8, 4) is 5.75 Å². The van der Waals surface area contributed by atoms with Gasteiger partial charge in [0.2, 0.25) is 5.91 Å². The second-order valence-electron chi connectivity index (χ2n) is 4.59. The summed E-state index contributed by atoms with van der Waals surface area (Å²) in [6, 6.07) is 3.84. The van der Waals surface area contributed by atoms with E-state index in [1.165, 1.54) is 29.1 Å². The van der Waals surface area contributed by atoms with E-state index < -0.39 is 10.7 Å². The number of ether oxygens (including phenoxy) is 1. The first-order valence-corrected chi connectivity index (χ1v) is 6.88. The minimum absolute atomic E-state index is 0.0287. The smallest absolute Gasteiger partial charge is 0.306 e. The Morgan fingerprint density at radius 2 is 2.30 bits per heavy atom. The topological polar surface area (TPSA) is 99.3 Å².